The lowest BCUT2D eigenvalue weighted by Gasteiger charge is -2.09. The number of carbonyl (C=O) groups excluding carboxylic acids is 4. The maximum absolute atomic E-state index is 12.3. The van der Waals surface area contributed by atoms with Crippen LogP contribution in [0, 0.1) is 0 Å². The highest BCUT2D eigenvalue weighted by Crippen LogP contribution is 2.23. The molecule has 0 aliphatic heterocycles. The first-order chi connectivity index (χ1) is 17.0. The summed E-state index contributed by atoms with van der Waals surface area (Å²) in [5, 5.41) is 4.70. The Bertz CT molecular complexity index is 1350. The SMILES string of the molecule is O=C(CCC(=O)OCC(=O)c1ccc(OC(=O)c2ccco2)cc1)Nc1cccc2ccccc12. The van der Waals surface area contributed by atoms with Gasteiger partial charge >= 0.3 is 11.9 Å². The highest BCUT2D eigenvalue weighted by Gasteiger charge is 2.14. The van der Waals surface area contributed by atoms with Crippen molar-refractivity contribution in [2.24, 2.45) is 0 Å². The molecule has 176 valence electrons. The second-order valence-corrected chi connectivity index (χ2v) is 7.55. The zero-order chi connectivity index (χ0) is 24.6. The predicted octanol–water partition coefficient (Wildman–Crippen LogP) is 4.80. The summed E-state index contributed by atoms with van der Waals surface area (Å²) >= 11 is 0. The van der Waals surface area contributed by atoms with E-state index in [1.807, 2.05) is 36.4 Å². The Morgan fingerprint density at radius 3 is 2.34 bits per heavy atom. The number of nitrogens with one attached hydrogen (secondary N) is 1. The van der Waals surface area contributed by atoms with Gasteiger partial charge < -0.3 is 19.2 Å². The second kappa shape index (κ2) is 10.9. The Hall–Kier alpha value is -4.72. The maximum Gasteiger partial charge on any atom is 0.379 e. The van der Waals surface area contributed by atoms with Crippen molar-refractivity contribution in [3.05, 3.63) is 96.4 Å². The van der Waals surface area contributed by atoms with E-state index in [0.29, 0.717) is 5.69 Å². The quantitative estimate of drug-likeness (QED) is 0.212. The van der Waals surface area contributed by atoms with E-state index in [4.69, 9.17) is 13.9 Å². The number of amides is 1. The average molecular weight is 471 g/mol. The summed E-state index contributed by atoms with van der Waals surface area (Å²) < 4.78 is 15.1. The molecule has 0 radical (unpaired) electrons. The van der Waals surface area contributed by atoms with Crippen molar-refractivity contribution in [1.82, 2.24) is 0 Å². The third-order valence-corrected chi connectivity index (χ3v) is 5.09. The van der Waals surface area contributed by atoms with E-state index in [2.05, 4.69) is 5.32 Å². The molecule has 8 nitrogen and oxygen atoms in total. The molecule has 1 heterocycles. The summed E-state index contributed by atoms with van der Waals surface area (Å²) in [4.78, 5) is 48.5. The number of Topliss-reactive ketones (excluding diaryl/α,β-unsaturated/α-hetero) is 1. The molecule has 0 aliphatic carbocycles. The van der Waals surface area contributed by atoms with Gasteiger partial charge in [0.1, 0.15) is 5.75 Å². The van der Waals surface area contributed by atoms with Crippen molar-refractivity contribution in [2.45, 2.75) is 12.8 Å². The monoisotopic (exact) mass is 471 g/mol. The molecule has 0 unspecified atom stereocenters. The van der Waals surface area contributed by atoms with Gasteiger partial charge in [-0.25, -0.2) is 4.79 Å². The minimum Gasteiger partial charge on any atom is -0.457 e. The van der Waals surface area contributed by atoms with E-state index in [1.54, 1.807) is 12.1 Å². The number of fused-ring (bicyclic) bond motifs is 1. The Balaban J connectivity index is 1.21. The normalized spacial score (nSPS) is 10.5. The highest BCUT2D eigenvalue weighted by molar-refractivity contribution is 6.03. The van der Waals surface area contributed by atoms with Gasteiger partial charge in [-0.15, -0.1) is 0 Å². The standard InChI is InChI=1S/C27H21NO7/c29-23(19-10-12-20(13-11-19)35-27(32)24-9-4-16-33-24)17-34-26(31)15-14-25(30)28-22-8-3-6-18-5-1-2-7-21(18)22/h1-13,16H,14-15,17H2,(H,28,30). The minimum absolute atomic E-state index is 0.0582. The van der Waals surface area contributed by atoms with Gasteiger partial charge in [0.25, 0.3) is 0 Å². The molecule has 0 spiro atoms. The zero-order valence-corrected chi connectivity index (χ0v) is 18.6. The number of ether oxygens (including phenoxy) is 2. The van der Waals surface area contributed by atoms with Crippen molar-refractivity contribution in [1.29, 1.82) is 0 Å². The molecule has 1 amide bonds. The Morgan fingerprint density at radius 1 is 0.800 bits per heavy atom. The largest absolute Gasteiger partial charge is 0.457 e. The van der Waals surface area contributed by atoms with Crippen LogP contribution in [0.4, 0.5) is 5.69 Å². The van der Waals surface area contributed by atoms with Crippen molar-refractivity contribution in [3.8, 4) is 5.75 Å². The fraction of sp³-hybridized carbons (Fsp3) is 0.111. The molecular weight excluding hydrogens is 450 g/mol. The molecular formula is C27H21NO7. The van der Waals surface area contributed by atoms with E-state index in [9.17, 15) is 19.2 Å². The lowest BCUT2D eigenvalue weighted by Crippen LogP contribution is -2.17. The van der Waals surface area contributed by atoms with E-state index >= 15 is 0 Å². The first-order valence-electron chi connectivity index (χ1n) is 10.8. The second-order valence-electron chi connectivity index (χ2n) is 7.55. The minimum atomic E-state index is -0.660. The molecule has 0 saturated carbocycles. The lowest BCUT2D eigenvalue weighted by atomic mass is 10.1. The molecule has 0 aliphatic rings. The molecule has 4 rings (SSSR count). The molecule has 3 aromatic carbocycles. The van der Waals surface area contributed by atoms with Crippen LogP contribution >= 0.6 is 0 Å². The summed E-state index contributed by atoms with van der Waals surface area (Å²) in [5.74, 6) is -1.78. The highest BCUT2D eigenvalue weighted by atomic mass is 16.5. The Morgan fingerprint density at radius 2 is 1.57 bits per heavy atom. The van der Waals surface area contributed by atoms with Crippen LogP contribution in [0.2, 0.25) is 0 Å². The summed E-state index contributed by atoms with van der Waals surface area (Å²) in [6, 6.07) is 22.1. The average Bonchev–Trinajstić information content (AvgIpc) is 3.42. The number of hydrogen-bond donors (Lipinski definition) is 1. The number of hydrogen-bond acceptors (Lipinski definition) is 7. The first kappa shape index (κ1) is 23.4. The van der Waals surface area contributed by atoms with Crippen LogP contribution in [0.1, 0.15) is 33.8 Å². The third-order valence-electron chi connectivity index (χ3n) is 5.09. The van der Waals surface area contributed by atoms with Crippen LogP contribution in [0.3, 0.4) is 0 Å². The van der Waals surface area contributed by atoms with Gasteiger partial charge in [-0.1, -0.05) is 36.4 Å². The molecule has 35 heavy (non-hydrogen) atoms. The van der Waals surface area contributed by atoms with E-state index in [-0.39, 0.29) is 35.8 Å². The third kappa shape index (κ3) is 6.20. The number of esters is 2. The number of furan rings is 1. The van der Waals surface area contributed by atoms with Crippen LogP contribution in [0.15, 0.2) is 89.5 Å². The van der Waals surface area contributed by atoms with Gasteiger partial charge in [0.05, 0.1) is 12.7 Å². The molecule has 0 fully saturated rings. The number of anilines is 1. The van der Waals surface area contributed by atoms with Gasteiger partial charge in [-0.3, -0.25) is 14.4 Å². The molecule has 8 heteroatoms. The van der Waals surface area contributed by atoms with Crippen molar-refractivity contribution in [2.75, 3.05) is 11.9 Å². The number of benzene rings is 3. The van der Waals surface area contributed by atoms with Gasteiger partial charge in [0.15, 0.2) is 12.4 Å². The van der Waals surface area contributed by atoms with Gasteiger partial charge in [-0.05, 0) is 47.9 Å². The number of ketones is 1. The topological polar surface area (TPSA) is 112 Å². The van der Waals surface area contributed by atoms with Crippen molar-refractivity contribution in [3.63, 3.8) is 0 Å². The number of carbonyl (C=O) groups is 4. The Kier molecular flexibility index (Phi) is 7.32. The van der Waals surface area contributed by atoms with Crippen molar-refractivity contribution < 1.29 is 33.1 Å². The smallest absolute Gasteiger partial charge is 0.379 e. The predicted molar refractivity (Wildman–Crippen MR) is 127 cm³/mol. The Labute approximate surface area is 200 Å². The molecule has 4 aromatic rings. The first-order valence-corrected chi connectivity index (χ1v) is 10.8. The maximum atomic E-state index is 12.3. The van der Waals surface area contributed by atoms with Crippen molar-refractivity contribution >= 4 is 40.1 Å². The van der Waals surface area contributed by atoms with Crippen LogP contribution in [-0.2, 0) is 14.3 Å². The molecule has 1 N–H and O–H groups in total. The molecule has 0 atom stereocenters. The van der Waals surface area contributed by atoms with Crippen LogP contribution in [0.25, 0.3) is 10.8 Å². The van der Waals surface area contributed by atoms with Gasteiger partial charge in [0.2, 0.25) is 11.7 Å². The summed E-state index contributed by atoms with van der Waals surface area (Å²) in [6.45, 7) is -0.463. The summed E-state index contributed by atoms with van der Waals surface area (Å²) in [7, 11) is 0. The van der Waals surface area contributed by atoms with Crippen LogP contribution < -0.4 is 10.1 Å². The van der Waals surface area contributed by atoms with Gasteiger partial charge in [0, 0.05) is 23.1 Å². The van der Waals surface area contributed by atoms with E-state index < -0.39 is 24.3 Å². The van der Waals surface area contributed by atoms with E-state index in [1.165, 1.54) is 36.6 Å². The fourth-order valence-corrected chi connectivity index (χ4v) is 3.33. The van der Waals surface area contributed by atoms with E-state index in [0.717, 1.165) is 10.8 Å². The zero-order valence-electron chi connectivity index (χ0n) is 18.6. The lowest BCUT2D eigenvalue weighted by molar-refractivity contribution is -0.143. The van der Waals surface area contributed by atoms with Crippen LogP contribution in [0.5, 0.6) is 5.75 Å². The molecule has 1 aromatic heterocycles. The molecule has 0 saturated heterocycles. The molecule has 0 bridgehead atoms. The summed E-state index contributed by atoms with van der Waals surface area (Å²) in [6.07, 6.45) is 1.12. The van der Waals surface area contributed by atoms with Gasteiger partial charge in [-0.2, -0.15) is 0 Å². The van der Waals surface area contributed by atoms with Crippen LogP contribution in [-0.4, -0.2) is 30.2 Å². The fourth-order valence-electron chi connectivity index (χ4n) is 3.33. The number of rotatable bonds is 9. The summed E-state index contributed by atoms with van der Waals surface area (Å²) in [5.41, 5.74) is 0.944.